The number of benzene rings is 2. The highest BCUT2D eigenvalue weighted by Gasteiger charge is 2.33. The molecule has 0 atom stereocenters. The first-order chi connectivity index (χ1) is 11.4. The van der Waals surface area contributed by atoms with Crippen LogP contribution in [0.4, 0.5) is 5.69 Å². The fourth-order valence-electron chi connectivity index (χ4n) is 2.16. The lowest BCUT2D eigenvalue weighted by Gasteiger charge is -2.14. The van der Waals surface area contributed by atoms with E-state index in [9.17, 15) is 13.2 Å². The number of thiocarbonyl (C=S) groups is 1. The van der Waals surface area contributed by atoms with Gasteiger partial charge in [0, 0.05) is 0 Å². The maximum absolute atomic E-state index is 12.6. The Labute approximate surface area is 148 Å². The van der Waals surface area contributed by atoms with E-state index in [1.165, 1.54) is 40.9 Å². The molecule has 0 radical (unpaired) electrons. The number of carbonyl (C=O) groups excluding carboxylic acids is 1. The highest BCUT2D eigenvalue weighted by atomic mass is 32.2. The lowest BCUT2D eigenvalue weighted by Crippen LogP contribution is -2.27. The van der Waals surface area contributed by atoms with Crippen LogP contribution in [0.25, 0.3) is 6.08 Å². The minimum atomic E-state index is -4.27. The molecule has 24 heavy (non-hydrogen) atoms. The minimum absolute atomic E-state index is 0.239. The summed E-state index contributed by atoms with van der Waals surface area (Å²) in [6.07, 6.45) is 1.76. The highest BCUT2D eigenvalue weighted by Crippen LogP contribution is 2.36. The van der Waals surface area contributed by atoms with Gasteiger partial charge in [0.1, 0.15) is 0 Å². The van der Waals surface area contributed by atoms with Gasteiger partial charge in [-0.1, -0.05) is 54.3 Å². The third-order valence-electron chi connectivity index (χ3n) is 3.28. The van der Waals surface area contributed by atoms with Gasteiger partial charge in [-0.05, 0) is 35.9 Å². The Balaban J connectivity index is 1.91. The monoisotopic (exact) mass is 377 g/mol. The van der Waals surface area contributed by atoms with Gasteiger partial charge in [0.15, 0.2) is 4.32 Å². The van der Waals surface area contributed by atoms with Gasteiger partial charge in [0.05, 0.1) is 15.5 Å². The molecular weight excluding hydrogens is 366 g/mol. The molecule has 0 saturated carbocycles. The highest BCUT2D eigenvalue weighted by molar-refractivity contribution is 8.27. The van der Waals surface area contributed by atoms with Gasteiger partial charge in [-0.25, -0.2) is 0 Å². The lowest BCUT2D eigenvalue weighted by atomic mass is 10.2. The number of rotatable bonds is 3. The standard InChI is InChI=1S/C16H11NO4S3/c18-15-14(10-11-4-2-1-3-5-11)23-16(22)17(15)12-6-8-13(9-7-12)24(19,20)21/h1-10H,(H,19,20,21)/b14-10-. The van der Waals surface area contributed by atoms with E-state index in [0.29, 0.717) is 14.9 Å². The number of amides is 1. The van der Waals surface area contributed by atoms with Crippen LogP contribution in [0.5, 0.6) is 0 Å². The Kier molecular flexibility index (Phi) is 4.55. The molecular formula is C16H11NO4S3. The summed E-state index contributed by atoms with van der Waals surface area (Å²) in [5.41, 5.74) is 1.33. The maximum atomic E-state index is 12.6. The Morgan fingerprint density at radius 2 is 1.67 bits per heavy atom. The fraction of sp³-hybridized carbons (Fsp3) is 0. The zero-order chi connectivity index (χ0) is 17.3. The van der Waals surface area contributed by atoms with Crippen LogP contribution >= 0.6 is 24.0 Å². The fourth-order valence-corrected chi connectivity index (χ4v) is 3.94. The van der Waals surface area contributed by atoms with E-state index in [1.54, 1.807) is 6.08 Å². The summed E-state index contributed by atoms with van der Waals surface area (Å²) in [7, 11) is -4.27. The predicted octanol–water partition coefficient (Wildman–Crippen LogP) is 3.34. The molecule has 1 heterocycles. The third kappa shape index (κ3) is 3.41. The summed E-state index contributed by atoms with van der Waals surface area (Å²) in [5.74, 6) is -0.270. The maximum Gasteiger partial charge on any atom is 0.294 e. The van der Waals surface area contributed by atoms with Crippen molar-refractivity contribution in [3.05, 3.63) is 65.1 Å². The van der Waals surface area contributed by atoms with E-state index in [2.05, 4.69) is 0 Å². The average molecular weight is 377 g/mol. The molecule has 122 valence electrons. The zero-order valence-corrected chi connectivity index (χ0v) is 14.6. The summed E-state index contributed by atoms with van der Waals surface area (Å²) in [4.78, 5) is 14.2. The van der Waals surface area contributed by atoms with Gasteiger partial charge >= 0.3 is 0 Å². The SMILES string of the molecule is O=C1/C(=C/c2ccccc2)SC(=S)N1c1ccc(S(=O)(=O)O)cc1. The van der Waals surface area contributed by atoms with Crippen LogP contribution < -0.4 is 4.90 Å². The number of anilines is 1. The second-order valence-electron chi connectivity index (χ2n) is 4.90. The Hall–Kier alpha value is -2.00. The van der Waals surface area contributed by atoms with Crippen LogP contribution in [-0.4, -0.2) is 23.2 Å². The molecule has 0 unspecified atom stereocenters. The summed E-state index contributed by atoms with van der Waals surface area (Å²) in [5, 5.41) is 0. The van der Waals surface area contributed by atoms with Crippen LogP contribution in [0.2, 0.25) is 0 Å². The van der Waals surface area contributed by atoms with Crippen LogP contribution in [-0.2, 0) is 14.9 Å². The van der Waals surface area contributed by atoms with E-state index in [0.717, 1.165) is 5.56 Å². The van der Waals surface area contributed by atoms with Crippen LogP contribution in [0.3, 0.4) is 0 Å². The van der Waals surface area contributed by atoms with E-state index >= 15 is 0 Å². The summed E-state index contributed by atoms with van der Waals surface area (Å²) >= 11 is 6.44. The van der Waals surface area contributed by atoms with Crippen LogP contribution in [0.15, 0.2) is 64.4 Å². The van der Waals surface area contributed by atoms with Crippen molar-refractivity contribution < 1.29 is 17.8 Å². The van der Waals surface area contributed by atoms with Gasteiger partial charge in [-0.3, -0.25) is 14.2 Å². The number of hydrogen-bond acceptors (Lipinski definition) is 5. The van der Waals surface area contributed by atoms with Crippen molar-refractivity contribution in [3.63, 3.8) is 0 Å². The average Bonchev–Trinajstić information content (AvgIpc) is 2.82. The molecule has 8 heteroatoms. The molecule has 1 amide bonds. The Morgan fingerprint density at radius 1 is 1.04 bits per heavy atom. The number of thioether (sulfide) groups is 1. The molecule has 2 aromatic rings. The summed E-state index contributed by atoms with van der Waals surface area (Å²) in [6, 6.07) is 14.7. The second kappa shape index (κ2) is 6.48. The van der Waals surface area contributed by atoms with E-state index < -0.39 is 10.1 Å². The van der Waals surface area contributed by atoms with Crippen molar-refractivity contribution in [2.45, 2.75) is 4.90 Å². The van der Waals surface area contributed by atoms with Crippen molar-refractivity contribution in [3.8, 4) is 0 Å². The predicted molar refractivity (Wildman–Crippen MR) is 98.4 cm³/mol. The summed E-state index contributed by atoms with van der Waals surface area (Å²) < 4.78 is 31.5. The van der Waals surface area contributed by atoms with E-state index in [1.807, 2.05) is 30.3 Å². The van der Waals surface area contributed by atoms with Crippen molar-refractivity contribution in [2.24, 2.45) is 0 Å². The zero-order valence-electron chi connectivity index (χ0n) is 12.1. The number of carbonyl (C=O) groups is 1. The first-order valence-electron chi connectivity index (χ1n) is 6.77. The van der Waals surface area contributed by atoms with Gasteiger partial charge < -0.3 is 0 Å². The Morgan fingerprint density at radius 3 is 2.25 bits per heavy atom. The normalized spacial score (nSPS) is 16.9. The van der Waals surface area contributed by atoms with Crippen LogP contribution in [0.1, 0.15) is 5.56 Å². The van der Waals surface area contributed by atoms with Crippen molar-refractivity contribution in [2.75, 3.05) is 4.90 Å². The first kappa shape index (κ1) is 16.8. The molecule has 1 N–H and O–H groups in total. The molecule has 1 aliphatic rings. The number of nitrogens with zero attached hydrogens (tertiary/aromatic N) is 1. The van der Waals surface area contributed by atoms with Gasteiger partial charge in [0.2, 0.25) is 0 Å². The molecule has 1 aliphatic heterocycles. The lowest BCUT2D eigenvalue weighted by molar-refractivity contribution is -0.113. The smallest absolute Gasteiger partial charge is 0.282 e. The van der Waals surface area contributed by atoms with Gasteiger partial charge in [0.25, 0.3) is 16.0 Å². The molecule has 0 spiro atoms. The quantitative estimate of drug-likeness (QED) is 0.502. The number of hydrogen-bond donors (Lipinski definition) is 1. The molecule has 0 bridgehead atoms. The molecule has 0 aliphatic carbocycles. The molecule has 2 aromatic carbocycles. The van der Waals surface area contributed by atoms with E-state index in [4.69, 9.17) is 16.8 Å². The largest absolute Gasteiger partial charge is 0.294 e. The van der Waals surface area contributed by atoms with Crippen molar-refractivity contribution in [1.82, 2.24) is 0 Å². The first-order valence-corrected chi connectivity index (χ1v) is 9.43. The van der Waals surface area contributed by atoms with Gasteiger partial charge in [-0.15, -0.1) is 0 Å². The molecule has 0 aromatic heterocycles. The van der Waals surface area contributed by atoms with Crippen LogP contribution in [0, 0.1) is 0 Å². The van der Waals surface area contributed by atoms with Crippen molar-refractivity contribution >= 4 is 56.1 Å². The second-order valence-corrected chi connectivity index (χ2v) is 7.99. The minimum Gasteiger partial charge on any atom is -0.282 e. The van der Waals surface area contributed by atoms with E-state index in [-0.39, 0.29) is 10.8 Å². The topological polar surface area (TPSA) is 74.7 Å². The van der Waals surface area contributed by atoms with Gasteiger partial charge in [-0.2, -0.15) is 8.42 Å². The molecule has 5 nitrogen and oxygen atoms in total. The third-order valence-corrected chi connectivity index (χ3v) is 5.45. The molecule has 1 saturated heterocycles. The molecule has 3 rings (SSSR count). The van der Waals surface area contributed by atoms with Crippen molar-refractivity contribution in [1.29, 1.82) is 0 Å². The summed E-state index contributed by atoms with van der Waals surface area (Å²) in [6.45, 7) is 0. The molecule has 1 fully saturated rings. The Bertz CT molecular complexity index is 935.